The van der Waals surface area contributed by atoms with Gasteiger partial charge in [0.25, 0.3) is 5.56 Å². The number of rotatable bonds is 7. The predicted octanol–water partition coefficient (Wildman–Crippen LogP) is -0.404. The molecule has 10 heteroatoms. The molecule has 1 saturated heterocycles. The van der Waals surface area contributed by atoms with Gasteiger partial charge in [0, 0.05) is 33.5 Å². The highest BCUT2D eigenvalue weighted by Crippen LogP contribution is 2.33. The number of nitrogens with one attached hydrogen (secondary N) is 2. The number of ether oxygens (including phenoxy) is 4. The van der Waals surface area contributed by atoms with E-state index in [1.54, 1.807) is 11.7 Å². The minimum atomic E-state index is -0.663. The van der Waals surface area contributed by atoms with Crippen LogP contribution < -0.4 is 10.9 Å². The molecule has 1 fully saturated rings. The van der Waals surface area contributed by atoms with E-state index in [1.807, 2.05) is 0 Å². The Bertz CT molecular complexity index is 675. The molecule has 1 aromatic heterocycles. The summed E-state index contributed by atoms with van der Waals surface area (Å²) in [7, 11) is 4.60. The van der Waals surface area contributed by atoms with Gasteiger partial charge in [-0.05, 0) is 12.2 Å². The molecule has 2 N–H and O–H groups in total. The van der Waals surface area contributed by atoms with Crippen molar-refractivity contribution in [2.24, 2.45) is 0 Å². The topological polar surface area (TPSA) is 104 Å². The lowest BCUT2D eigenvalue weighted by atomic mass is 10.1. The second kappa shape index (κ2) is 8.49. The van der Waals surface area contributed by atoms with E-state index in [4.69, 9.17) is 31.2 Å². The number of methoxy groups -OCH3 is 2. The van der Waals surface area contributed by atoms with E-state index in [0.717, 1.165) is 0 Å². The molecule has 0 spiro atoms. The average Bonchev–Trinajstić information content (AvgIpc) is 2.90. The molecule has 1 unspecified atom stereocenters. The summed E-state index contributed by atoms with van der Waals surface area (Å²) in [6, 6.07) is 1.33. The van der Waals surface area contributed by atoms with E-state index in [0.29, 0.717) is 0 Å². The summed E-state index contributed by atoms with van der Waals surface area (Å²) < 4.78 is 24.1. The molecule has 0 radical (unpaired) electrons. The van der Waals surface area contributed by atoms with Gasteiger partial charge >= 0.3 is 0 Å². The summed E-state index contributed by atoms with van der Waals surface area (Å²) in [6.07, 6.45) is -0.625. The summed E-state index contributed by atoms with van der Waals surface area (Å²) in [5, 5.41) is 2.49. The number of nitrogens with zero attached hydrogens (tertiary/aromatic N) is 1. The van der Waals surface area contributed by atoms with E-state index >= 15 is 0 Å². The number of aromatic amines is 1. The zero-order chi connectivity index (χ0) is 17.7. The highest BCUT2D eigenvalue weighted by molar-refractivity contribution is 7.71. The lowest BCUT2D eigenvalue weighted by Gasteiger charge is -2.24. The van der Waals surface area contributed by atoms with Gasteiger partial charge in [-0.3, -0.25) is 19.1 Å². The zero-order valence-corrected chi connectivity index (χ0v) is 14.5. The molecule has 2 rings (SSSR count). The third kappa shape index (κ3) is 4.08. The summed E-state index contributed by atoms with van der Waals surface area (Å²) >= 11 is 5.19. The standard InChI is InChI=1S/C14H21N3O6S/c1-15-10(19)7-22-12-11(21-3)8(6-20-2)23-13(12)17-5-4-9(18)16-14(17)24/h4-5,8,11-13H,6-7H2,1-3H3,(H,15,19)(H,16,18,24)/t8-,11?,12+,13-/m1/s1. The quantitative estimate of drug-likeness (QED) is 0.638. The van der Waals surface area contributed by atoms with Gasteiger partial charge in [-0.25, -0.2) is 0 Å². The molecule has 1 amide bonds. The maximum Gasteiger partial charge on any atom is 0.251 e. The second-order valence-electron chi connectivity index (χ2n) is 5.19. The van der Waals surface area contributed by atoms with Crippen molar-refractivity contribution in [2.45, 2.75) is 24.5 Å². The van der Waals surface area contributed by atoms with E-state index < -0.39 is 24.5 Å². The number of hydrogen-bond acceptors (Lipinski definition) is 7. The molecule has 9 nitrogen and oxygen atoms in total. The minimum Gasteiger partial charge on any atom is -0.382 e. The van der Waals surface area contributed by atoms with Crippen LogP contribution in [-0.4, -0.2) is 68.3 Å². The molecule has 24 heavy (non-hydrogen) atoms. The molecule has 134 valence electrons. The first-order valence-electron chi connectivity index (χ1n) is 7.32. The van der Waals surface area contributed by atoms with Crippen LogP contribution in [-0.2, 0) is 23.7 Å². The van der Waals surface area contributed by atoms with Crippen molar-refractivity contribution in [3.05, 3.63) is 27.4 Å². The Labute approximate surface area is 143 Å². The van der Waals surface area contributed by atoms with E-state index in [1.165, 1.54) is 26.4 Å². The van der Waals surface area contributed by atoms with Crippen molar-refractivity contribution in [1.82, 2.24) is 14.9 Å². The van der Waals surface area contributed by atoms with Crippen LogP contribution in [0.5, 0.6) is 0 Å². The Balaban J connectivity index is 2.32. The summed E-state index contributed by atoms with van der Waals surface area (Å²) in [4.78, 5) is 25.4. The van der Waals surface area contributed by atoms with E-state index in [-0.39, 0.29) is 29.5 Å². The number of likely N-dealkylation sites (N-methyl/N-ethyl adjacent to an activating group) is 1. The lowest BCUT2D eigenvalue weighted by molar-refractivity contribution is -0.133. The van der Waals surface area contributed by atoms with Crippen LogP contribution in [0, 0.1) is 4.77 Å². The molecule has 0 aliphatic carbocycles. The van der Waals surface area contributed by atoms with Crippen LogP contribution >= 0.6 is 12.2 Å². The van der Waals surface area contributed by atoms with Crippen LogP contribution in [0.3, 0.4) is 0 Å². The molecular formula is C14H21N3O6S. The number of carbonyl (C=O) groups is 1. The minimum absolute atomic E-state index is 0.155. The SMILES string of the molecule is CNC(=O)CO[C@H]1C(OC)[C@@H](COC)O[C@H]1n1ccc(=O)[nH]c1=S. The van der Waals surface area contributed by atoms with Crippen molar-refractivity contribution in [2.75, 3.05) is 34.5 Å². The number of hydrogen-bond donors (Lipinski definition) is 2. The summed E-state index contributed by atoms with van der Waals surface area (Å²) in [5.74, 6) is -0.274. The van der Waals surface area contributed by atoms with Gasteiger partial charge in [-0.1, -0.05) is 0 Å². The normalized spacial score (nSPS) is 26.5. The second-order valence-corrected chi connectivity index (χ2v) is 5.57. The molecule has 0 aromatic carbocycles. The Kier molecular flexibility index (Phi) is 6.63. The van der Waals surface area contributed by atoms with Crippen LogP contribution in [0.25, 0.3) is 0 Å². The van der Waals surface area contributed by atoms with Crippen molar-refractivity contribution in [3.8, 4) is 0 Å². The molecule has 2 heterocycles. The van der Waals surface area contributed by atoms with Crippen molar-refractivity contribution in [1.29, 1.82) is 0 Å². The van der Waals surface area contributed by atoms with Gasteiger partial charge in [-0.15, -0.1) is 0 Å². The molecule has 1 aliphatic heterocycles. The number of H-pyrrole nitrogens is 1. The van der Waals surface area contributed by atoms with Gasteiger partial charge in [0.1, 0.15) is 24.9 Å². The van der Waals surface area contributed by atoms with Crippen LogP contribution in [0.1, 0.15) is 6.23 Å². The van der Waals surface area contributed by atoms with E-state index in [2.05, 4.69) is 10.3 Å². The van der Waals surface area contributed by atoms with Crippen LogP contribution in [0.4, 0.5) is 0 Å². The van der Waals surface area contributed by atoms with Crippen molar-refractivity contribution >= 4 is 18.1 Å². The molecular weight excluding hydrogens is 338 g/mol. The Morgan fingerprint density at radius 1 is 1.46 bits per heavy atom. The van der Waals surface area contributed by atoms with Crippen molar-refractivity contribution in [3.63, 3.8) is 0 Å². The highest BCUT2D eigenvalue weighted by atomic mass is 32.1. The van der Waals surface area contributed by atoms with Gasteiger partial charge in [0.2, 0.25) is 5.91 Å². The van der Waals surface area contributed by atoms with Crippen molar-refractivity contribution < 1.29 is 23.7 Å². The first-order valence-corrected chi connectivity index (χ1v) is 7.73. The van der Waals surface area contributed by atoms with Gasteiger partial charge < -0.3 is 24.3 Å². The van der Waals surface area contributed by atoms with Crippen LogP contribution in [0.15, 0.2) is 17.1 Å². The lowest BCUT2D eigenvalue weighted by Crippen LogP contribution is -2.39. The fourth-order valence-corrected chi connectivity index (χ4v) is 2.83. The predicted molar refractivity (Wildman–Crippen MR) is 86.3 cm³/mol. The zero-order valence-electron chi connectivity index (χ0n) is 13.7. The number of amides is 1. The smallest absolute Gasteiger partial charge is 0.251 e. The van der Waals surface area contributed by atoms with Gasteiger partial charge in [0.15, 0.2) is 11.0 Å². The largest absolute Gasteiger partial charge is 0.382 e. The summed E-state index contributed by atoms with van der Waals surface area (Å²) in [6.45, 7) is 0.128. The fourth-order valence-electron chi connectivity index (χ4n) is 2.56. The molecule has 1 aliphatic rings. The highest BCUT2D eigenvalue weighted by Gasteiger charge is 2.47. The maximum absolute atomic E-state index is 11.5. The monoisotopic (exact) mass is 359 g/mol. The average molecular weight is 359 g/mol. The van der Waals surface area contributed by atoms with E-state index in [9.17, 15) is 9.59 Å². The Morgan fingerprint density at radius 2 is 2.21 bits per heavy atom. The molecule has 4 atom stereocenters. The first kappa shape index (κ1) is 18.7. The first-order chi connectivity index (χ1) is 11.5. The molecule has 0 saturated carbocycles. The third-order valence-electron chi connectivity index (χ3n) is 3.70. The Hall–Kier alpha value is -1.59. The summed E-state index contributed by atoms with van der Waals surface area (Å²) in [5.41, 5.74) is -0.311. The number of aromatic nitrogens is 2. The molecule has 1 aromatic rings. The molecule has 0 bridgehead atoms. The van der Waals surface area contributed by atoms with Gasteiger partial charge in [-0.2, -0.15) is 0 Å². The van der Waals surface area contributed by atoms with Crippen LogP contribution in [0.2, 0.25) is 0 Å². The maximum atomic E-state index is 11.5. The van der Waals surface area contributed by atoms with Gasteiger partial charge in [0.05, 0.1) is 6.61 Å². The number of carbonyl (C=O) groups excluding carboxylic acids is 1. The Morgan fingerprint density at radius 3 is 2.79 bits per heavy atom. The third-order valence-corrected chi connectivity index (χ3v) is 4.01. The fraction of sp³-hybridized carbons (Fsp3) is 0.643.